The first-order chi connectivity index (χ1) is 16.0. The molecule has 3 rings (SSSR count). The molecule has 0 aliphatic carbocycles. The molecule has 0 atom stereocenters. The van der Waals surface area contributed by atoms with E-state index in [1.54, 1.807) is 62.6 Å². The molecule has 0 spiro atoms. The van der Waals surface area contributed by atoms with Gasteiger partial charge in [0, 0.05) is 30.9 Å². The molecule has 0 aliphatic rings. The summed E-state index contributed by atoms with van der Waals surface area (Å²) in [5, 5.41) is 2.81. The van der Waals surface area contributed by atoms with Crippen LogP contribution in [0, 0.1) is 13.8 Å². The quantitative estimate of drug-likeness (QED) is 0.550. The van der Waals surface area contributed by atoms with E-state index in [1.165, 1.54) is 15.5 Å². The van der Waals surface area contributed by atoms with Crippen LogP contribution in [0.15, 0.2) is 66.7 Å². The summed E-state index contributed by atoms with van der Waals surface area (Å²) in [6, 6.07) is 19.2. The lowest BCUT2D eigenvalue weighted by molar-refractivity contribution is 0.0827. The van der Waals surface area contributed by atoms with E-state index in [2.05, 4.69) is 5.32 Å². The predicted octanol–water partition coefficient (Wildman–Crippen LogP) is 4.22. The zero-order valence-electron chi connectivity index (χ0n) is 20.0. The summed E-state index contributed by atoms with van der Waals surface area (Å²) in [5.41, 5.74) is 4.78. The second-order valence-corrected chi connectivity index (χ2v) is 10.4. The van der Waals surface area contributed by atoms with Crippen LogP contribution in [0.25, 0.3) is 0 Å². The summed E-state index contributed by atoms with van der Waals surface area (Å²) < 4.78 is 26.4. The number of carbonyl (C=O) groups excluding carboxylic acids is 2. The van der Waals surface area contributed by atoms with Crippen molar-refractivity contribution in [3.8, 4) is 0 Å². The van der Waals surface area contributed by atoms with Gasteiger partial charge in [0.25, 0.3) is 11.8 Å². The van der Waals surface area contributed by atoms with Crippen molar-refractivity contribution < 1.29 is 18.0 Å². The number of rotatable bonds is 7. The Labute approximate surface area is 201 Å². The van der Waals surface area contributed by atoms with Crippen LogP contribution in [0.4, 0.5) is 11.4 Å². The SMILES string of the molecule is Cc1ccc(C)c(N(Cc2ccc(C(=O)Nc3ccc(C(=O)N(C)C)cc3)cc2)S(C)(=O)=O)c1. The number of hydrogen-bond acceptors (Lipinski definition) is 4. The van der Waals surface area contributed by atoms with Gasteiger partial charge in [-0.05, 0) is 73.0 Å². The van der Waals surface area contributed by atoms with Crippen molar-refractivity contribution in [1.82, 2.24) is 4.90 Å². The lowest BCUT2D eigenvalue weighted by atomic mass is 10.1. The summed E-state index contributed by atoms with van der Waals surface area (Å²) in [7, 11) is -0.152. The van der Waals surface area contributed by atoms with Crippen molar-refractivity contribution in [2.75, 3.05) is 30.0 Å². The summed E-state index contributed by atoms with van der Waals surface area (Å²) in [6.07, 6.45) is 1.19. The van der Waals surface area contributed by atoms with Crippen molar-refractivity contribution >= 4 is 33.2 Å². The Bertz CT molecular complexity index is 1300. The van der Waals surface area contributed by atoms with Gasteiger partial charge in [-0.3, -0.25) is 13.9 Å². The molecule has 0 unspecified atom stereocenters. The molecule has 8 heteroatoms. The molecule has 0 heterocycles. The monoisotopic (exact) mass is 479 g/mol. The number of sulfonamides is 1. The Morgan fingerprint density at radius 1 is 0.853 bits per heavy atom. The van der Waals surface area contributed by atoms with Crippen molar-refractivity contribution in [2.24, 2.45) is 0 Å². The molecule has 3 aromatic rings. The normalized spacial score (nSPS) is 11.1. The van der Waals surface area contributed by atoms with E-state index >= 15 is 0 Å². The van der Waals surface area contributed by atoms with Crippen LogP contribution in [-0.4, -0.2) is 45.5 Å². The molecule has 34 heavy (non-hydrogen) atoms. The summed E-state index contributed by atoms with van der Waals surface area (Å²) >= 11 is 0. The highest BCUT2D eigenvalue weighted by Crippen LogP contribution is 2.26. The van der Waals surface area contributed by atoms with Crippen molar-refractivity contribution in [3.63, 3.8) is 0 Å². The van der Waals surface area contributed by atoms with E-state index in [9.17, 15) is 18.0 Å². The van der Waals surface area contributed by atoms with E-state index in [-0.39, 0.29) is 18.4 Å². The Hall–Kier alpha value is -3.65. The van der Waals surface area contributed by atoms with Gasteiger partial charge in [-0.1, -0.05) is 24.3 Å². The van der Waals surface area contributed by atoms with Crippen LogP contribution in [0.5, 0.6) is 0 Å². The van der Waals surface area contributed by atoms with Crippen LogP contribution in [-0.2, 0) is 16.6 Å². The predicted molar refractivity (Wildman–Crippen MR) is 136 cm³/mol. The van der Waals surface area contributed by atoms with Crippen LogP contribution >= 0.6 is 0 Å². The molecule has 0 bridgehead atoms. The average molecular weight is 480 g/mol. The molecule has 2 amide bonds. The summed E-state index contributed by atoms with van der Waals surface area (Å²) in [6.45, 7) is 3.96. The van der Waals surface area contributed by atoms with Crippen molar-refractivity contribution in [2.45, 2.75) is 20.4 Å². The third kappa shape index (κ3) is 6.02. The van der Waals surface area contributed by atoms with Crippen molar-refractivity contribution in [3.05, 3.63) is 94.5 Å². The third-order valence-electron chi connectivity index (χ3n) is 5.37. The molecule has 0 saturated heterocycles. The van der Waals surface area contributed by atoms with Gasteiger partial charge in [0.2, 0.25) is 10.0 Å². The number of aryl methyl sites for hydroxylation is 2. The molecular formula is C26H29N3O4S. The second kappa shape index (κ2) is 10.1. The molecule has 0 aliphatic heterocycles. The van der Waals surface area contributed by atoms with Crippen LogP contribution < -0.4 is 9.62 Å². The van der Waals surface area contributed by atoms with E-state index in [0.717, 1.165) is 16.7 Å². The number of nitrogens with one attached hydrogen (secondary N) is 1. The Kier molecular flexibility index (Phi) is 7.41. The third-order valence-corrected chi connectivity index (χ3v) is 6.50. The maximum atomic E-state index is 12.6. The Morgan fingerprint density at radius 2 is 1.44 bits per heavy atom. The highest BCUT2D eigenvalue weighted by molar-refractivity contribution is 7.92. The van der Waals surface area contributed by atoms with Crippen LogP contribution in [0.1, 0.15) is 37.4 Å². The number of carbonyl (C=O) groups is 2. The molecule has 0 radical (unpaired) electrons. The van der Waals surface area contributed by atoms with Gasteiger partial charge in [-0.2, -0.15) is 0 Å². The topological polar surface area (TPSA) is 86.8 Å². The fourth-order valence-electron chi connectivity index (χ4n) is 3.45. The Balaban J connectivity index is 1.74. The lowest BCUT2D eigenvalue weighted by Crippen LogP contribution is -2.30. The minimum Gasteiger partial charge on any atom is -0.345 e. The molecule has 0 aromatic heterocycles. The molecule has 0 fully saturated rings. The highest BCUT2D eigenvalue weighted by Gasteiger charge is 2.20. The van der Waals surface area contributed by atoms with Gasteiger partial charge >= 0.3 is 0 Å². The Morgan fingerprint density at radius 3 is 2.00 bits per heavy atom. The number of amides is 2. The van der Waals surface area contributed by atoms with E-state index < -0.39 is 10.0 Å². The van der Waals surface area contributed by atoms with Crippen LogP contribution in [0.2, 0.25) is 0 Å². The fraction of sp³-hybridized carbons (Fsp3) is 0.231. The minimum absolute atomic E-state index is 0.113. The fourth-order valence-corrected chi connectivity index (χ4v) is 4.39. The number of anilines is 2. The number of nitrogens with zero attached hydrogens (tertiary/aromatic N) is 2. The van der Waals surface area contributed by atoms with Gasteiger partial charge < -0.3 is 10.2 Å². The van der Waals surface area contributed by atoms with E-state index in [1.807, 2.05) is 32.0 Å². The van der Waals surface area contributed by atoms with E-state index in [4.69, 9.17) is 0 Å². The molecule has 3 aromatic carbocycles. The maximum Gasteiger partial charge on any atom is 0.255 e. The van der Waals surface area contributed by atoms with Gasteiger partial charge in [-0.25, -0.2) is 8.42 Å². The molecular weight excluding hydrogens is 450 g/mol. The maximum absolute atomic E-state index is 12.6. The standard InChI is InChI=1S/C26H29N3O4S/c1-18-6-7-19(2)24(16-18)29(34(5,32)33)17-20-8-10-21(11-9-20)25(30)27-23-14-12-22(13-15-23)26(31)28(3)4/h6-16H,17H2,1-5H3,(H,27,30). The van der Waals surface area contributed by atoms with Gasteiger partial charge in [-0.15, -0.1) is 0 Å². The number of benzene rings is 3. The molecule has 1 N–H and O–H groups in total. The highest BCUT2D eigenvalue weighted by atomic mass is 32.2. The first-order valence-electron chi connectivity index (χ1n) is 10.7. The first-order valence-corrected chi connectivity index (χ1v) is 12.6. The summed E-state index contributed by atoms with van der Waals surface area (Å²) in [5.74, 6) is -0.412. The zero-order chi connectivity index (χ0) is 25.0. The zero-order valence-corrected chi connectivity index (χ0v) is 20.8. The molecule has 178 valence electrons. The smallest absolute Gasteiger partial charge is 0.255 e. The average Bonchev–Trinajstić information content (AvgIpc) is 2.79. The van der Waals surface area contributed by atoms with Crippen molar-refractivity contribution in [1.29, 1.82) is 0 Å². The number of hydrogen-bond donors (Lipinski definition) is 1. The van der Waals surface area contributed by atoms with Crippen LogP contribution in [0.3, 0.4) is 0 Å². The summed E-state index contributed by atoms with van der Waals surface area (Å²) in [4.78, 5) is 26.1. The van der Waals surface area contributed by atoms with E-state index in [0.29, 0.717) is 22.5 Å². The van der Waals surface area contributed by atoms with Gasteiger partial charge in [0.1, 0.15) is 0 Å². The second-order valence-electron chi connectivity index (χ2n) is 8.49. The largest absolute Gasteiger partial charge is 0.345 e. The first kappa shape index (κ1) is 25.0. The lowest BCUT2D eigenvalue weighted by Gasteiger charge is -2.25. The molecule has 7 nitrogen and oxygen atoms in total. The van der Waals surface area contributed by atoms with Gasteiger partial charge in [0.15, 0.2) is 0 Å². The molecule has 0 saturated carbocycles. The van der Waals surface area contributed by atoms with Gasteiger partial charge in [0.05, 0.1) is 18.5 Å². The minimum atomic E-state index is -3.51.